The minimum Gasteiger partial charge on any atom is -0.481 e. The number of hydrogen-bond acceptors (Lipinski definition) is 6. The van der Waals surface area contributed by atoms with E-state index in [1.807, 2.05) is 24.3 Å². The Kier molecular flexibility index (Phi) is 12.0. The molecular weight excluding hydrogens is 556 g/mol. The Morgan fingerprint density at radius 3 is 2.21 bits per heavy atom. The van der Waals surface area contributed by atoms with Crippen molar-refractivity contribution in [2.45, 2.75) is 69.5 Å². The van der Waals surface area contributed by atoms with E-state index in [2.05, 4.69) is 20.9 Å². The number of rotatable bonds is 15. The Hall–Kier alpha value is -3.38. The SMILES string of the molecule is CC(C)(F)C[C@H](N[C@@H](c1ccccc1)C(F)(F)F)C(=O)N[C@@H](CCCC(=O)O)CNc1ccc(N2CCOCC2)cc1. The monoisotopic (exact) mass is 596 g/mol. The van der Waals surface area contributed by atoms with Gasteiger partial charge in [0.25, 0.3) is 0 Å². The second-order valence-electron chi connectivity index (χ2n) is 11.0. The van der Waals surface area contributed by atoms with Crippen molar-refractivity contribution in [1.82, 2.24) is 10.6 Å². The summed E-state index contributed by atoms with van der Waals surface area (Å²) < 4.78 is 62.3. The first-order valence-corrected chi connectivity index (χ1v) is 14.1. The highest BCUT2D eigenvalue weighted by Crippen LogP contribution is 2.34. The lowest BCUT2D eigenvalue weighted by atomic mass is 9.97. The first-order chi connectivity index (χ1) is 19.8. The van der Waals surface area contributed by atoms with Crippen molar-refractivity contribution in [3.63, 3.8) is 0 Å². The summed E-state index contributed by atoms with van der Waals surface area (Å²) in [7, 11) is 0. The third-order valence-corrected chi connectivity index (χ3v) is 6.92. The van der Waals surface area contributed by atoms with Gasteiger partial charge in [0.15, 0.2) is 0 Å². The Bertz CT molecular complexity index is 1120. The molecule has 12 heteroatoms. The number of benzene rings is 2. The van der Waals surface area contributed by atoms with E-state index in [-0.39, 0.29) is 31.4 Å². The average molecular weight is 597 g/mol. The van der Waals surface area contributed by atoms with E-state index in [0.717, 1.165) is 24.5 Å². The highest BCUT2D eigenvalue weighted by atomic mass is 19.4. The molecule has 1 aliphatic heterocycles. The van der Waals surface area contributed by atoms with Crippen LogP contribution in [0.3, 0.4) is 0 Å². The fraction of sp³-hybridized carbons (Fsp3) is 0.533. The van der Waals surface area contributed by atoms with Gasteiger partial charge in [-0.15, -0.1) is 0 Å². The van der Waals surface area contributed by atoms with Gasteiger partial charge in [0.2, 0.25) is 5.91 Å². The molecule has 42 heavy (non-hydrogen) atoms. The summed E-state index contributed by atoms with van der Waals surface area (Å²) in [6, 6.07) is 10.4. The summed E-state index contributed by atoms with van der Waals surface area (Å²) in [5, 5.41) is 17.4. The molecule has 1 fully saturated rings. The minimum absolute atomic E-state index is 0.0975. The van der Waals surface area contributed by atoms with Crippen LogP contribution in [0.2, 0.25) is 0 Å². The number of aliphatic carboxylic acids is 1. The molecule has 1 heterocycles. The predicted molar refractivity (Wildman–Crippen MR) is 153 cm³/mol. The zero-order chi connectivity index (χ0) is 30.8. The molecule has 232 valence electrons. The molecule has 8 nitrogen and oxygen atoms in total. The van der Waals surface area contributed by atoms with Crippen LogP contribution < -0.4 is 20.9 Å². The maximum Gasteiger partial charge on any atom is 0.407 e. The lowest BCUT2D eigenvalue weighted by molar-refractivity contribution is -0.161. The van der Waals surface area contributed by atoms with Crippen molar-refractivity contribution in [2.24, 2.45) is 0 Å². The van der Waals surface area contributed by atoms with Gasteiger partial charge >= 0.3 is 12.1 Å². The third kappa shape index (κ3) is 11.1. The number of halogens is 4. The summed E-state index contributed by atoms with van der Waals surface area (Å²) in [6.07, 6.45) is -4.89. The van der Waals surface area contributed by atoms with Crippen LogP contribution in [-0.4, -0.2) is 73.8 Å². The van der Waals surface area contributed by atoms with Gasteiger partial charge in [0, 0.05) is 49.9 Å². The predicted octanol–water partition coefficient (Wildman–Crippen LogP) is 5.07. The quantitative estimate of drug-likeness (QED) is 0.213. The second-order valence-corrected chi connectivity index (χ2v) is 11.0. The van der Waals surface area contributed by atoms with Gasteiger partial charge in [-0.1, -0.05) is 30.3 Å². The van der Waals surface area contributed by atoms with Crippen molar-refractivity contribution in [3.8, 4) is 0 Å². The molecule has 0 unspecified atom stereocenters. The topological polar surface area (TPSA) is 103 Å². The van der Waals surface area contributed by atoms with Crippen molar-refractivity contribution in [1.29, 1.82) is 0 Å². The molecule has 0 saturated carbocycles. The van der Waals surface area contributed by atoms with Gasteiger partial charge in [-0.05, 0) is 56.5 Å². The molecule has 1 amide bonds. The van der Waals surface area contributed by atoms with Crippen molar-refractivity contribution < 1.29 is 37.0 Å². The van der Waals surface area contributed by atoms with Crippen LogP contribution in [0.5, 0.6) is 0 Å². The number of morpholine rings is 1. The number of carbonyl (C=O) groups excluding carboxylic acids is 1. The van der Waals surface area contributed by atoms with Crippen LogP contribution in [0.15, 0.2) is 54.6 Å². The minimum atomic E-state index is -4.74. The van der Waals surface area contributed by atoms with Gasteiger partial charge in [-0.2, -0.15) is 13.2 Å². The van der Waals surface area contributed by atoms with E-state index in [0.29, 0.717) is 13.2 Å². The second kappa shape index (κ2) is 15.2. The lowest BCUT2D eigenvalue weighted by Crippen LogP contribution is -2.53. The summed E-state index contributed by atoms with van der Waals surface area (Å²) >= 11 is 0. The highest BCUT2D eigenvalue weighted by molar-refractivity contribution is 5.82. The van der Waals surface area contributed by atoms with E-state index in [1.54, 1.807) is 6.07 Å². The van der Waals surface area contributed by atoms with Gasteiger partial charge in [0.1, 0.15) is 11.7 Å². The summed E-state index contributed by atoms with van der Waals surface area (Å²) in [5.41, 5.74) is -0.248. The molecule has 0 spiro atoms. The maximum atomic E-state index is 14.7. The van der Waals surface area contributed by atoms with E-state index in [1.165, 1.54) is 38.1 Å². The zero-order valence-corrected chi connectivity index (χ0v) is 23.9. The maximum absolute atomic E-state index is 14.7. The number of hydrogen-bond donors (Lipinski definition) is 4. The molecule has 1 saturated heterocycles. The summed E-state index contributed by atoms with van der Waals surface area (Å²) in [4.78, 5) is 26.7. The Morgan fingerprint density at radius 2 is 1.64 bits per heavy atom. The number of carbonyl (C=O) groups is 2. The van der Waals surface area contributed by atoms with Crippen LogP contribution in [0, 0.1) is 0 Å². The Balaban J connectivity index is 1.73. The molecule has 3 atom stereocenters. The first kappa shape index (κ1) is 33.1. The van der Waals surface area contributed by atoms with E-state index >= 15 is 0 Å². The normalized spacial score (nSPS) is 16.4. The Morgan fingerprint density at radius 1 is 1.00 bits per heavy atom. The highest BCUT2D eigenvalue weighted by Gasteiger charge is 2.43. The fourth-order valence-corrected chi connectivity index (χ4v) is 4.82. The molecule has 3 rings (SSSR count). The van der Waals surface area contributed by atoms with E-state index < -0.39 is 48.3 Å². The summed E-state index contributed by atoms with van der Waals surface area (Å²) in [5.74, 6) is -1.79. The number of carboxylic acids is 1. The Labute approximate surface area is 243 Å². The third-order valence-electron chi connectivity index (χ3n) is 6.92. The average Bonchev–Trinajstić information content (AvgIpc) is 2.93. The van der Waals surface area contributed by atoms with Gasteiger partial charge in [0.05, 0.1) is 19.3 Å². The molecule has 1 aliphatic rings. The first-order valence-electron chi connectivity index (χ1n) is 14.1. The molecule has 2 aromatic carbocycles. The zero-order valence-electron chi connectivity index (χ0n) is 23.9. The smallest absolute Gasteiger partial charge is 0.407 e. The van der Waals surface area contributed by atoms with Gasteiger partial charge < -0.3 is 25.4 Å². The number of nitrogens with zero attached hydrogens (tertiary/aromatic N) is 1. The molecule has 4 N–H and O–H groups in total. The number of ether oxygens (including phenoxy) is 1. The summed E-state index contributed by atoms with van der Waals surface area (Å²) in [6.45, 7) is 5.47. The van der Waals surface area contributed by atoms with Crippen molar-refractivity contribution in [2.75, 3.05) is 43.1 Å². The van der Waals surface area contributed by atoms with Crippen molar-refractivity contribution >= 4 is 23.3 Å². The number of alkyl halides is 4. The van der Waals surface area contributed by atoms with Gasteiger partial charge in [-0.25, -0.2) is 4.39 Å². The van der Waals surface area contributed by atoms with Crippen LogP contribution in [0.4, 0.5) is 28.9 Å². The van der Waals surface area contributed by atoms with Crippen LogP contribution >= 0.6 is 0 Å². The number of amides is 1. The van der Waals surface area contributed by atoms with E-state index in [4.69, 9.17) is 9.84 Å². The van der Waals surface area contributed by atoms with Crippen LogP contribution in [-0.2, 0) is 14.3 Å². The molecular formula is C30H40F4N4O4. The largest absolute Gasteiger partial charge is 0.481 e. The van der Waals surface area contributed by atoms with Crippen molar-refractivity contribution in [3.05, 3.63) is 60.2 Å². The van der Waals surface area contributed by atoms with Gasteiger partial charge in [-0.3, -0.25) is 14.9 Å². The number of nitrogens with one attached hydrogen (secondary N) is 3. The molecule has 0 aliphatic carbocycles. The number of carboxylic acid groups (broad SMARTS) is 1. The molecule has 2 aromatic rings. The van der Waals surface area contributed by atoms with E-state index in [9.17, 15) is 27.2 Å². The molecule has 0 aromatic heterocycles. The molecule has 0 bridgehead atoms. The lowest BCUT2D eigenvalue weighted by Gasteiger charge is -2.31. The fourth-order valence-electron chi connectivity index (χ4n) is 4.82. The standard InChI is InChI=1S/C30H40F4N4O4/c1-29(2,31)19-25(37-27(30(32,33)34)21-7-4-3-5-8-21)28(41)36-23(9-6-10-26(39)40)20-35-22-11-13-24(14-12-22)38-15-17-42-18-16-38/h3-5,7-8,11-14,23,25,27,35,37H,6,9-10,15-20H2,1-2H3,(H,36,41)(H,39,40)/t23-,25-,27-/m0/s1. The molecule has 0 radical (unpaired) electrons. The van der Waals surface area contributed by atoms with Crippen LogP contribution in [0.1, 0.15) is 51.1 Å². The van der Waals surface area contributed by atoms with Crippen LogP contribution in [0.25, 0.3) is 0 Å². The number of anilines is 2.